The van der Waals surface area contributed by atoms with E-state index in [9.17, 15) is 4.39 Å². The Labute approximate surface area is 126 Å². The summed E-state index contributed by atoms with van der Waals surface area (Å²) in [5.74, 6) is 5.38. The lowest BCUT2D eigenvalue weighted by Gasteiger charge is -2.17. The Bertz CT molecular complexity index is 534. The molecule has 0 bridgehead atoms. The van der Waals surface area contributed by atoms with Crippen LogP contribution in [0.2, 0.25) is 0 Å². The second kappa shape index (κ2) is 6.45. The quantitative estimate of drug-likeness (QED) is 0.491. The summed E-state index contributed by atoms with van der Waals surface area (Å²) in [7, 11) is 0. The molecule has 0 spiro atoms. The first kappa shape index (κ1) is 14.4. The zero-order valence-corrected chi connectivity index (χ0v) is 12.8. The fourth-order valence-electron chi connectivity index (χ4n) is 2.09. The predicted molar refractivity (Wildman–Crippen MR) is 84.1 cm³/mol. The van der Waals surface area contributed by atoms with E-state index in [1.807, 2.05) is 13.0 Å². The van der Waals surface area contributed by atoms with E-state index in [1.165, 1.54) is 21.3 Å². The summed E-state index contributed by atoms with van der Waals surface area (Å²) in [6.45, 7) is 1.88. The minimum absolute atomic E-state index is 0.0885. The number of nitrogens with one attached hydrogen (secondary N) is 1. The Morgan fingerprint density at radius 1 is 1.21 bits per heavy atom. The molecule has 1 atom stereocenters. The second-order valence-electron chi connectivity index (χ2n) is 4.61. The van der Waals surface area contributed by atoms with E-state index in [0.29, 0.717) is 0 Å². The highest BCUT2D eigenvalue weighted by Crippen LogP contribution is 2.20. The van der Waals surface area contributed by atoms with Crippen molar-refractivity contribution in [2.45, 2.75) is 19.4 Å². The van der Waals surface area contributed by atoms with Crippen molar-refractivity contribution in [1.82, 2.24) is 5.43 Å². The molecule has 19 heavy (non-hydrogen) atoms. The van der Waals surface area contributed by atoms with Crippen LogP contribution in [0.5, 0.6) is 0 Å². The molecule has 0 saturated heterocycles. The van der Waals surface area contributed by atoms with E-state index >= 15 is 0 Å². The van der Waals surface area contributed by atoms with Crippen LogP contribution in [0, 0.1) is 16.3 Å². The molecule has 1 unspecified atom stereocenters. The molecule has 0 aliphatic rings. The van der Waals surface area contributed by atoms with Crippen molar-refractivity contribution in [1.29, 1.82) is 0 Å². The van der Waals surface area contributed by atoms with Crippen LogP contribution in [0.4, 0.5) is 4.39 Å². The van der Waals surface area contributed by atoms with E-state index in [0.717, 1.165) is 17.5 Å². The van der Waals surface area contributed by atoms with Crippen LogP contribution in [0.3, 0.4) is 0 Å². The fraction of sp³-hybridized carbons (Fsp3) is 0.200. The number of rotatable bonds is 4. The fourth-order valence-corrected chi connectivity index (χ4v) is 2.45. The minimum atomic E-state index is -0.224. The third kappa shape index (κ3) is 3.99. The molecule has 0 aliphatic carbocycles. The Kier molecular flexibility index (Phi) is 4.90. The summed E-state index contributed by atoms with van der Waals surface area (Å²) in [5.41, 5.74) is 5.71. The summed E-state index contributed by atoms with van der Waals surface area (Å²) in [6.07, 6.45) is 0.732. The van der Waals surface area contributed by atoms with Gasteiger partial charge in [-0.1, -0.05) is 18.2 Å². The summed E-state index contributed by atoms with van der Waals surface area (Å²) in [4.78, 5) is 0. The molecule has 0 fully saturated rings. The number of hydrazine groups is 1. The second-order valence-corrected chi connectivity index (χ2v) is 5.86. The Morgan fingerprint density at radius 2 is 1.89 bits per heavy atom. The minimum Gasteiger partial charge on any atom is -0.271 e. The van der Waals surface area contributed by atoms with Gasteiger partial charge in [0.1, 0.15) is 5.82 Å². The highest BCUT2D eigenvalue weighted by atomic mass is 127. The smallest absolute Gasteiger partial charge is 0.123 e. The number of aryl methyl sites for hydroxylation is 1. The van der Waals surface area contributed by atoms with Crippen LogP contribution in [0.15, 0.2) is 42.5 Å². The van der Waals surface area contributed by atoms with Crippen molar-refractivity contribution >= 4 is 22.6 Å². The standard InChI is InChI=1S/C15H16FIN2/c1-10-6-12(9-13(16)7-10)15(19-18)8-11-2-4-14(17)5-3-11/h2-7,9,15,19H,8,18H2,1H3. The normalized spacial score (nSPS) is 12.4. The summed E-state index contributed by atoms with van der Waals surface area (Å²) >= 11 is 2.27. The van der Waals surface area contributed by atoms with Gasteiger partial charge in [0.05, 0.1) is 6.04 Å². The van der Waals surface area contributed by atoms with E-state index in [2.05, 4.69) is 52.3 Å². The highest BCUT2D eigenvalue weighted by molar-refractivity contribution is 14.1. The van der Waals surface area contributed by atoms with Crippen molar-refractivity contribution < 1.29 is 4.39 Å². The summed E-state index contributed by atoms with van der Waals surface area (Å²) < 4.78 is 14.6. The molecule has 0 saturated carbocycles. The van der Waals surface area contributed by atoms with Crippen LogP contribution >= 0.6 is 22.6 Å². The molecule has 0 aliphatic heterocycles. The van der Waals surface area contributed by atoms with Gasteiger partial charge >= 0.3 is 0 Å². The molecule has 2 aromatic rings. The van der Waals surface area contributed by atoms with Crippen molar-refractivity contribution in [2.24, 2.45) is 5.84 Å². The van der Waals surface area contributed by atoms with Gasteiger partial charge in [-0.05, 0) is 76.9 Å². The third-order valence-electron chi connectivity index (χ3n) is 3.02. The largest absolute Gasteiger partial charge is 0.271 e. The third-order valence-corrected chi connectivity index (χ3v) is 3.74. The lowest BCUT2D eigenvalue weighted by molar-refractivity contribution is 0.544. The van der Waals surface area contributed by atoms with Crippen molar-refractivity contribution in [2.75, 3.05) is 0 Å². The molecule has 0 heterocycles. The van der Waals surface area contributed by atoms with Crippen LogP contribution in [0.25, 0.3) is 0 Å². The van der Waals surface area contributed by atoms with Crippen molar-refractivity contribution in [3.63, 3.8) is 0 Å². The maximum absolute atomic E-state index is 13.4. The van der Waals surface area contributed by atoms with E-state index in [1.54, 1.807) is 0 Å². The average molecular weight is 370 g/mol. The Morgan fingerprint density at radius 3 is 2.47 bits per heavy atom. The lowest BCUT2D eigenvalue weighted by Crippen LogP contribution is -2.29. The highest BCUT2D eigenvalue weighted by Gasteiger charge is 2.12. The summed E-state index contributed by atoms with van der Waals surface area (Å²) in [5, 5.41) is 0. The molecule has 0 aromatic heterocycles. The molecule has 100 valence electrons. The van der Waals surface area contributed by atoms with Gasteiger partial charge in [0.15, 0.2) is 0 Å². The monoisotopic (exact) mass is 370 g/mol. The Balaban J connectivity index is 2.22. The first-order valence-electron chi connectivity index (χ1n) is 6.06. The van der Waals surface area contributed by atoms with Crippen LogP contribution < -0.4 is 11.3 Å². The van der Waals surface area contributed by atoms with E-state index in [-0.39, 0.29) is 11.9 Å². The molecule has 2 aromatic carbocycles. The van der Waals surface area contributed by atoms with Gasteiger partial charge in [-0.25, -0.2) is 4.39 Å². The average Bonchev–Trinajstić information content (AvgIpc) is 2.37. The van der Waals surface area contributed by atoms with Crippen LogP contribution in [-0.4, -0.2) is 0 Å². The van der Waals surface area contributed by atoms with Crippen molar-refractivity contribution in [3.05, 3.63) is 68.5 Å². The molecule has 3 N–H and O–H groups in total. The maximum atomic E-state index is 13.4. The molecule has 0 radical (unpaired) electrons. The Hall–Kier alpha value is -0.980. The molecule has 2 rings (SSSR count). The van der Waals surface area contributed by atoms with Gasteiger partial charge in [-0.15, -0.1) is 0 Å². The molecule has 0 amide bonds. The number of benzene rings is 2. The van der Waals surface area contributed by atoms with E-state index < -0.39 is 0 Å². The molecule has 4 heteroatoms. The van der Waals surface area contributed by atoms with Gasteiger partial charge in [-0.3, -0.25) is 11.3 Å². The summed E-state index contributed by atoms with van der Waals surface area (Å²) in [6, 6.07) is 13.2. The molecular weight excluding hydrogens is 354 g/mol. The van der Waals surface area contributed by atoms with Gasteiger partial charge < -0.3 is 0 Å². The van der Waals surface area contributed by atoms with E-state index in [4.69, 9.17) is 5.84 Å². The number of hydrogen-bond donors (Lipinski definition) is 2. The van der Waals surface area contributed by atoms with Gasteiger partial charge in [0.2, 0.25) is 0 Å². The molecular formula is C15H16FIN2. The van der Waals surface area contributed by atoms with Gasteiger partial charge in [-0.2, -0.15) is 0 Å². The zero-order valence-electron chi connectivity index (χ0n) is 10.7. The first-order chi connectivity index (χ1) is 9.08. The van der Waals surface area contributed by atoms with Crippen molar-refractivity contribution in [3.8, 4) is 0 Å². The topological polar surface area (TPSA) is 38.0 Å². The van der Waals surface area contributed by atoms with Crippen LogP contribution in [0.1, 0.15) is 22.7 Å². The van der Waals surface area contributed by atoms with Gasteiger partial charge in [0, 0.05) is 3.57 Å². The number of nitrogens with two attached hydrogens (primary N) is 1. The lowest BCUT2D eigenvalue weighted by atomic mass is 9.98. The first-order valence-corrected chi connectivity index (χ1v) is 7.14. The number of hydrogen-bond acceptors (Lipinski definition) is 2. The zero-order chi connectivity index (χ0) is 13.8. The maximum Gasteiger partial charge on any atom is 0.123 e. The van der Waals surface area contributed by atoms with Gasteiger partial charge in [0.25, 0.3) is 0 Å². The van der Waals surface area contributed by atoms with Crippen LogP contribution in [-0.2, 0) is 6.42 Å². The predicted octanol–water partition coefficient (Wildman–Crippen LogP) is 3.49. The SMILES string of the molecule is Cc1cc(F)cc(C(Cc2ccc(I)cc2)NN)c1. The number of halogens is 2. The molecule has 2 nitrogen and oxygen atoms in total.